The number of fused-ring (bicyclic) bond motifs is 1. The molecule has 0 aliphatic carbocycles. The maximum atomic E-state index is 13.1. The average molecular weight is 466 g/mol. The van der Waals surface area contributed by atoms with Gasteiger partial charge in [-0.25, -0.2) is 8.42 Å². The first-order valence-corrected chi connectivity index (χ1v) is 11.7. The van der Waals surface area contributed by atoms with E-state index in [4.69, 9.17) is 15.6 Å². The van der Waals surface area contributed by atoms with Crippen molar-refractivity contribution < 1.29 is 23.1 Å². The molecule has 4 aromatic rings. The quantitative estimate of drug-likeness (QED) is 0.378. The summed E-state index contributed by atoms with van der Waals surface area (Å²) in [4.78, 5) is 18.3. The number of sulfone groups is 1. The number of hydrogen-bond acceptors (Lipinski definition) is 6. The predicted octanol–water partition coefficient (Wildman–Crippen LogP) is 3.76. The Bertz CT molecular complexity index is 1420. The Morgan fingerprint density at radius 3 is 2.42 bits per heavy atom. The zero-order chi connectivity index (χ0) is 23.8. The van der Waals surface area contributed by atoms with Crippen LogP contribution < -0.4 is 10.5 Å². The summed E-state index contributed by atoms with van der Waals surface area (Å²) in [6.45, 7) is 3.73. The highest BCUT2D eigenvalue weighted by Crippen LogP contribution is 2.34. The van der Waals surface area contributed by atoms with Gasteiger partial charge in [0.2, 0.25) is 9.84 Å². The smallest absolute Gasteiger partial charge is 0.320 e. The van der Waals surface area contributed by atoms with E-state index in [2.05, 4.69) is 9.97 Å². The van der Waals surface area contributed by atoms with Gasteiger partial charge < -0.3 is 20.6 Å². The van der Waals surface area contributed by atoms with Crippen LogP contribution in [0.5, 0.6) is 11.5 Å². The molecule has 8 nitrogen and oxygen atoms in total. The Balaban J connectivity index is 1.68. The second kappa shape index (κ2) is 8.68. The molecule has 0 bridgehead atoms. The zero-order valence-electron chi connectivity index (χ0n) is 18.1. The monoisotopic (exact) mass is 465 g/mol. The average Bonchev–Trinajstić information content (AvgIpc) is 3.21. The molecule has 170 valence electrons. The van der Waals surface area contributed by atoms with E-state index in [1.165, 1.54) is 30.7 Å². The Kier molecular flexibility index (Phi) is 5.92. The fourth-order valence-electron chi connectivity index (χ4n) is 3.78. The van der Waals surface area contributed by atoms with Crippen LogP contribution in [-0.4, -0.2) is 35.5 Å². The van der Waals surface area contributed by atoms with Gasteiger partial charge in [0.15, 0.2) is 0 Å². The number of hydrogen-bond donors (Lipinski definition) is 3. The SMILES string of the molecule is Cc1cc(C[C@@H](N)C(=O)O)cc(C)c1Oc1ccc2[nH]cc(S(=O)(=O)c3ccncc3)c2c1. The lowest BCUT2D eigenvalue weighted by atomic mass is 10.0. The number of aliphatic carboxylic acids is 1. The lowest BCUT2D eigenvalue weighted by Crippen LogP contribution is -2.32. The van der Waals surface area contributed by atoms with Crippen LogP contribution in [0.4, 0.5) is 0 Å². The van der Waals surface area contributed by atoms with Crippen LogP contribution in [-0.2, 0) is 21.1 Å². The van der Waals surface area contributed by atoms with Crippen LogP contribution in [0.3, 0.4) is 0 Å². The minimum absolute atomic E-state index is 0.153. The number of aromatic nitrogens is 2. The first-order chi connectivity index (χ1) is 15.7. The summed E-state index contributed by atoms with van der Waals surface area (Å²) in [5.41, 5.74) is 8.77. The van der Waals surface area contributed by atoms with E-state index >= 15 is 0 Å². The number of aromatic amines is 1. The highest BCUT2D eigenvalue weighted by atomic mass is 32.2. The van der Waals surface area contributed by atoms with Crippen LogP contribution >= 0.6 is 0 Å². The normalized spacial score (nSPS) is 12.6. The van der Waals surface area contributed by atoms with Gasteiger partial charge in [0, 0.05) is 29.5 Å². The van der Waals surface area contributed by atoms with Crippen molar-refractivity contribution in [1.82, 2.24) is 9.97 Å². The largest absolute Gasteiger partial charge is 0.480 e. The van der Waals surface area contributed by atoms with Gasteiger partial charge in [-0.15, -0.1) is 0 Å². The van der Waals surface area contributed by atoms with Crippen molar-refractivity contribution >= 4 is 26.7 Å². The van der Waals surface area contributed by atoms with E-state index < -0.39 is 21.8 Å². The van der Waals surface area contributed by atoms with E-state index in [1.807, 2.05) is 26.0 Å². The summed E-state index contributed by atoms with van der Waals surface area (Å²) in [5, 5.41) is 9.57. The lowest BCUT2D eigenvalue weighted by molar-refractivity contribution is -0.138. The van der Waals surface area contributed by atoms with Crippen molar-refractivity contribution in [2.75, 3.05) is 0 Å². The number of rotatable bonds is 7. The molecule has 0 amide bonds. The molecule has 0 spiro atoms. The maximum Gasteiger partial charge on any atom is 0.320 e. The third-order valence-electron chi connectivity index (χ3n) is 5.38. The number of carboxylic acid groups (broad SMARTS) is 1. The molecule has 4 rings (SSSR count). The second-order valence-electron chi connectivity index (χ2n) is 7.86. The molecule has 0 fully saturated rings. The first-order valence-electron chi connectivity index (χ1n) is 10.2. The number of ether oxygens (including phenoxy) is 1. The van der Waals surface area contributed by atoms with E-state index in [-0.39, 0.29) is 16.2 Å². The molecule has 0 radical (unpaired) electrons. The Labute approximate surface area is 191 Å². The first kappa shape index (κ1) is 22.5. The summed E-state index contributed by atoms with van der Waals surface area (Å²) in [7, 11) is -3.74. The number of nitrogens with zero attached hydrogens (tertiary/aromatic N) is 1. The molecule has 9 heteroatoms. The number of aryl methyl sites for hydroxylation is 2. The fourth-order valence-corrected chi connectivity index (χ4v) is 5.19. The number of nitrogens with two attached hydrogens (primary N) is 1. The Morgan fingerprint density at radius 1 is 1.12 bits per heavy atom. The topological polar surface area (TPSA) is 135 Å². The third-order valence-corrected chi connectivity index (χ3v) is 7.19. The summed E-state index contributed by atoms with van der Waals surface area (Å²) < 4.78 is 32.4. The van der Waals surface area contributed by atoms with E-state index in [0.717, 1.165) is 16.7 Å². The lowest BCUT2D eigenvalue weighted by Gasteiger charge is -2.15. The number of nitrogens with one attached hydrogen (secondary N) is 1. The molecule has 0 unspecified atom stereocenters. The van der Waals surface area contributed by atoms with Crippen LogP contribution in [0, 0.1) is 13.8 Å². The van der Waals surface area contributed by atoms with Gasteiger partial charge in [0.25, 0.3) is 0 Å². The summed E-state index contributed by atoms with van der Waals surface area (Å²) in [6.07, 6.45) is 4.56. The number of pyridine rings is 1. The molecular weight excluding hydrogens is 442 g/mol. The highest BCUT2D eigenvalue weighted by molar-refractivity contribution is 7.91. The van der Waals surface area contributed by atoms with Crippen molar-refractivity contribution in [1.29, 1.82) is 0 Å². The van der Waals surface area contributed by atoms with E-state index in [9.17, 15) is 13.2 Å². The van der Waals surface area contributed by atoms with Crippen molar-refractivity contribution in [3.8, 4) is 11.5 Å². The van der Waals surface area contributed by atoms with Gasteiger partial charge in [-0.3, -0.25) is 9.78 Å². The standard InChI is InChI=1S/C24H23N3O5S/c1-14-9-16(11-20(25)24(28)29)10-15(2)23(14)32-17-3-4-21-19(12-17)22(13-27-21)33(30,31)18-5-7-26-8-6-18/h3-10,12-13,20,27H,11,25H2,1-2H3,(H,28,29)/t20-/m1/s1. The van der Waals surface area contributed by atoms with Gasteiger partial charge in [0.05, 0.1) is 9.79 Å². The molecule has 1 atom stereocenters. The predicted molar refractivity (Wildman–Crippen MR) is 123 cm³/mol. The van der Waals surface area contributed by atoms with Crippen molar-refractivity contribution in [3.05, 3.63) is 77.7 Å². The van der Waals surface area contributed by atoms with Crippen LogP contribution in [0.2, 0.25) is 0 Å². The Morgan fingerprint density at radius 2 is 1.79 bits per heavy atom. The van der Waals surface area contributed by atoms with Crippen LogP contribution in [0.25, 0.3) is 10.9 Å². The number of carboxylic acids is 1. The molecule has 2 heterocycles. The van der Waals surface area contributed by atoms with Crippen molar-refractivity contribution in [2.45, 2.75) is 36.1 Å². The van der Waals surface area contributed by atoms with Crippen molar-refractivity contribution in [3.63, 3.8) is 0 Å². The van der Waals surface area contributed by atoms with Gasteiger partial charge >= 0.3 is 5.97 Å². The van der Waals surface area contributed by atoms with Crippen LogP contribution in [0.1, 0.15) is 16.7 Å². The molecule has 0 aliphatic heterocycles. The van der Waals surface area contributed by atoms with Gasteiger partial charge in [-0.05, 0) is 67.3 Å². The summed E-state index contributed by atoms with van der Waals surface area (Å²) in [6, 6.07) is 10.8. The minimum atomic E-state index is -3.74. The van der Waals surface area contributed by atoms with E-state index in [1.54, 1.807) is 18.2 Å². The summed E-state index contributed by atoms with van der Waals surface area (Å²) in [5.74, 6) is 0.0495. The molecule has 0 saturated carbocycles. The summed E-state index contributed by atoms with van der Waals surface area (Å²) >= 11 is 0. The minimum Gasteiger partial charge on any atom is -0.480 e. The van der Waals surface area contributed by atoms with Gasteiger partial charge in [-0.1, -0.05) is 12.1 Å². The molecule has 0 aliphatic rings. The maximum absolute atomic E-state index is 13.1. The molecule has 0 saturated heterocycles. The van der Waals surface area contributed by atoms with Crippen LogP contribution in [0.15, 0.2) is 70.8 Å². The highest BCUT2D eigenvalue weighted by Gasteiger charge is 2.22. The molecule has 4 N–H and O–H groups in total. The number of benzene rings is 2. The molecule has 33 heavy (non-hydrogen) atoms. The third kappa shape index (κ3) is 4.46. The van der Waals surface area contributed by atoms with Crippen molar-refractivity contribution in [2.24, 2.45) is 5.73 Å². The molecule has 2 aromatic heterocycles. The van der Waals surface area contributed by atoms with Gasteiger partial charge in [-0.2, -0.15) is 0 Å². The molecule has 2 aromatic carbocycles. The Hall–Kier alpha value is -3.69. The van der Waals surface area contributed by atoms with E-state index in [0.29, 0.717) is 22.4 Å². The molecular formula is C24H23N3O5S. The fraction of sp³-hybridized carbons (Fsp3) is 0.167. The number of H-pyrrole nitrogens is 1. The van der Waals surface area contributed by atoms with Gasteiger partial charge in [0.1, 0.15) is 17.5 Å². The second-order valence-corrected chi connectivity index (χ2v) is 9.77. The zero-order valence-corrected chi connectivity index (χ0v) is 18.9. The number of carbonyl (C=O) groups is 1.